The van der Waals surface area contributed by atoms with E-state index in [1.165, 1.54) is 12.1 Å². The highest BCUT2D eigenvalue weighted by Gasteiger charge is 2.24. The number of carbonyl (C=O) groups is 1. The maximum atomic E-state index is 13.9. The first kappa shape index (κ1) is 18.0. The molecule has 0 heterocycles. The normalized spacial score (nSPS) is 17.9. The Kier molecular flexibility index (Phi) is 6.69. The maximum absolute atomic E-state index is 13.9. The van der Waals surface area contributed by atoms with Crippen LogP contribution in [-0.4, -0.2) is 22.4 Å². The number of nitrogens with one attached hydrogen (secondary N) is 1. The Bertz CT molecular complexity index is 574. The SMILES string of the molecule is CC[C@@H](c1ccc(F)cc1F)[S@@](=O)CCNC(=O)C1CCCC1. The summed E-state index contributed by atoms with van der Waals surface area (Å²) in [5.74, 6) is -0.926. The molecular weight excluding hydrogens is 320 g/mol. The molecule has 1 aromatic carbocycles. The molecule has 1 aliphatic rings. The largest absolute Gasteiger partial charge is 0.355 e. The van der Waals surface area contributed by atoms with Gasteiger partial charge >= 0.3 is 0 Å². The summed E-state index contributed by atoms with van der Waals surface area (Å²) in [5, 5.41) is 2.34. The van der Waals surface area contributed by atoms with E-state index in [9.17, 15) is 17.8 Å². The molecule has 1 aliphatic carbocycles. The van der Waals surface area contributed by atoms with Gasteiger partial charge in [-0.3, -0.25) is 9.00 Å². The van der Waals surface area contributed by atoms with E-state index < -0.39 is 27.7 Å². The zero-order valence-electron chi connectivity index (χ0n) is 13.3. The van der Waals surface area contributed by atoms with Crippen molar-refractivity contribution in [2.75, 3.05) is 12.3 Å². The van der Waals surface area contributed by atoms with E-state index in [-0.39, 0.29) is 23.1 Å². The fourth-order valence-electron chi connectivity index (χ4n) is 3.06. The third-order valence-electron chi connectivity index (χ3n) is 4.33. The van der Waals surface area contributed by atoms with Gasteiger partial charge in [-0.25, -0.2) is 8.78 Å². The number of rotatable bonds is 7. The molecule has 3 nitrogen and oxygen atoms in total. The van der Waals surface area contributed by atoms with Crippen molar-refractivity contribution in [2.45, 2.75) is 44.3 Å². The van der Waals surface area contributed by atoms with Crippen molar-refractivity contribution in [1.82, 2.24) is 5.32 Å². The fraction of sp³-hybridized carbons (Fsp3) is 0.588. The predicted molar refractivity (Wildman–Crippen MR) is 87.4 cm³/mol. The van der Waals surface area contributed by atoms with Crippen LogP contribution in [0.5, 0.6) is 0 Å². The van der Waals surface area contributed by atoms with Crippen LogP contribution >= 0.6 is 0 Å². The van der Waals surface area contributed by atoms with E-state index in [1.54, 1.807) is 0 Å². The molecule has 1 saturated carbocycles. The van der Waals surface area contributed by atoms with Gasteiger partial charge in [0.25, 0.3) is 0 Å². The van der Waals surface area contributed by atoms with Crippen molar-refractivity contribution < 1.29 is 17.8 Å². The Balaban J connectivity index is 1.88. The molecule has 1 N–H and O–H groups in total. The van der Waals surface area contributed by atoms with Gasteiger partial charge in [-0.15, -0.1) is 0 Å². The summed E-state index contributed by atoms with van der Waals surface area (Å²) in [6.07, 6.45) is 4.52. The van der Waals surface area contributed by atoms with Crippen molar-refractivity contribution in [1.29, 1.82) is 0 Å². The molecule has 0 aromatic heterocycles. The van der Waals surface area contributed by atoms with E-state index in [4.69, 9.17) is 0 Å². The maximum Gasteiger partial charge on any atom is 0.223 e. The number of carbonyl (C=O) groups excluding carboxylic acids is 1. The van der Waals surface area contributed by atoms with Gasteiger partial charge in [0, 0.05) is 40.6 Å². The summed E-state index contributed by atoms with van der Waals surface area (Å²) in [6.45, 7) is 2.14. The lowest BCUT2D eigenvalue weighted by Gasteiger charge is -2.17. The molecule has 2 rings (SSSR count). The Labute approximate surface area is 138 Å². The van der Waals surface area contributed by atoms with Gasteiger partial charge < -0.3 is 5.32 Å². The van der Waals surface area contributed by atoms with Gasteiger partial charge in [0.15, 0.2) is 0 Å². The molecule has 1 fully saturated rings. The molecule has 0 unspecified atom stereocenters. The lowest BCUT2D eigenvalue weighted by atomic mass is 10.1. The van der Waals surface area contributed by atoms with E-state index in [0.717, 1.165) is 31.7 Å². The Hall–Kier alpha value is -1.30. The quantitative estimate of drug-likeness (QED) is 0.824. The molecule has 0 aliphatic heterocycles. The van der Waals surface area contributed by atoms with Gasteiger partial charge in [0.1, 0.15) is 11.6 Å². The molecular formula is C17H23F2NO2S. The zero-order chi connectivity index (χ0) is 16.8. The van der Waals surface area contributed by atoms with Gasteiger partial charge in [-0.2, -0.15) is 0 Å². The smallest absolute Gasteiger partial charge is 0.223 e. The lowest BCUT2D eigenvalue weighted by molar-refractivity contribution is -0.124. The summed E-state index contributed by atoms with van der Waals surface area (Å²) in [4.78, 5) is 11.9. The van der Waals surface area contributed by atoms with Gasteiger partial charge in [0.2, 0.25) is 5.91 Å². The molecule has 0 radical (unpaired) electrons. The van der Waals surface area contributed by atoms with Crippen LogP contribution in [0.4, 0.5) is 8.78 Å². The van der Waals surface area contributed by atoms with Crippen molar-refractivity contribution in [3.63, 3.8) is 0 Å². The van der Waals surface area contributed by atoms with E-state index in [2.05, 4.69) is 5.32 Å². The average Bonchev–Trinajstić information content (AvgIpc) is 3.04. The summed E-state index contributed by atoms with van der Waals surface area (Å²) in [6, 6.07) is 3.35. The van der Waals surface area contributed by atoms with Crippen LogP contribution in [0.25, 0.3) is 0 Å². The lowest BCUT2D eigenvalue weighted by Crippen LogP contribution is -2.33. The minimum Gasteiger partial charge on any atom is -0.355 e. The average molecular weight is 343 g/mol. The van der Waals surface area contributed by atoms with Gasteiger partial charge in [-0.05, 0) is 25.3 Å². The Morgan fingerprint density at radius 1 is 1.35 bits per heavy atom. The van der Waals surface area contributed by atoms with Crippen LogP contribution in [0, 0.1) is 17.6 Å². The van der Waals surface area contributed by atoms with E-state index in [1.807, 2.05) is 6.92 Å². The third kappa shape index (κ3) is 4.83. The first-order valence-corrected chi connectivity index (χ1v) is 9.51. The van der Waals surface area contributed by atoms with Crippen LogP contribution in [-0.2, 0) is 15.6 Å². The van der Waals surface area contributed by atoms with Crippen LogP contribution in [0.15, 0.2) is 18.2 Å². The molecule has 6 heteroatoms. The second-order valence-corrected chi connectivity index (χ2v) is 7.66. The van der Waals surface area contributed by atoms with E-state index in [0.29, 0.717) is 13.0 Å². The van der Waals surface area contributed by atoms with Gasteiger partial charge in [0.05, 0.1) is 5.25 Å². The predicted octanol–water partition coefficient (Wildman–Crippen LogP) is 3.47. The van der Waals surface area contributed by atoms with Crippen LogP contribution in [0.1, 0.15) is 49.8 Å². The summed E-state index contributed by atoms with van der Waals surface area (Å²) in [5.41, 5.74) is 0.273. The van der Waals surface area contributed by atoms with Gasteiger partial charge in [-0.1, -0.05) is 25.8 Å². The minimum atomic E-state index is -1.32. The van der Waals surface area contributed by atoms with Crippen LogP contribution in [0.3, 0.4) is 0 Å². The Morgan fingerprint density at radius 3 is 2.65 bits per heavy atom. The summed E-state index contributed by atoms with van der Waals surface area (Å²) < 4.78 is 39.3. The standard InChI is InChI=1S/C17H23F2NO2S/c1-2-16(14-8-7-13(18)11-15(14)19)23(22)10-9-20-17(21)12-5-3-4-6-12/h7-8,11-12,16H,2-6,9-10H2,1H3,(H,20,21)/t16-,23-/m0/s1. The second-order valence-electron chi connectivity index (χ2n) is 5.92. The van der Waals surface area contributed by atoms with E-state index >= 15 is 0 Å². The van der Waals surface area contributed by atoms with Crippen molar-refractivity contribution in [2.24, 2.45) is 5.92 Å². The summed E-state index contributed by atoms with van der Waals surface area (Å²) in [7, 11) is -1.32. The number of amides is 1. The molecule has 0 saturated heterocycles. The summed E-state index contributed by atoms with van der Waals surface area (Å²) >= 11 is 0. The van der Waals surface area contributed by atoms with Crippen LogP contribution < -0.4 is 5.32 Å². The highest BCUT2D eigenvalue weighted by Crippen LogP contribution is 2.27. The van der Waals surface area contributed by atoms with Crippen molar-refractivity contribution in [3.05, 3.63) is 35.4 Å². The third-order valence-corrected chi connectivity index (χ3v) is 6.15. The molecule has 23 heavy (non-hydrogen) atoms. The minimum absolute atomic E-state index is 0.0283. The monoisotopic (exact) mass is 343 g/mol. The Morgan fingerprint density at radius 2 is 2.04 bits per heavy atom. The highest BCUT2D eigenvalue weighted by atomic mass is 32.2. The molecule has 1 amide bonds. The number of benzene rings is 1. The molecule has 1 aromatic rings. The van der Waals surface area contributed by atoms with Crippen molar-refractivity contribution >= 4 is 16.7 Å². The zero-order valence-corrected chi connectivity index (χ0v) is 14.1. The number of halogens is 2. The molecule has 0 spiro atoms. The molecule has 2 atom stereocenters. The number of hydrogen-bond donors (Lipinski definition) is 1. The number of hydrogen-bond acceptors (Lipinski definition) is 2. The van der Waals surface area contributed by atoms with Crippen molar-refractivity contribution in [3.8, 4) is 0 Å². The van der Waals surface area contributed by atoms with Crippen LogP contribution in [0.2, 0.25) is 0 Å². The highest BCUT2D eigenvalue weighted by molar-refractivity contribution is 7.85. The topological polar surface area (TPSA) is 46.2 Å². The fourth-order valence-corrected chi connectivity index (χ4v) is 4.49. The first-order valence-electron chi connectivity index (χ1n) is 8.12. The first-order chi connectivity index (χ1) is 11.0. The molecule has 128 valence electrons. The second kappa shape index (κ2) is 8.52. The molecule has 0 bridgehead atoms.